The number of rotatable bonds is 4. The standard InChI is InChI=1S/C20H27NO3S/c1-15-4-2-3-5-18(15)19(22)21-13-20(14-21)10-17(12-25-20)24-11-16-6-8-23-9-7-16/h2-5,16-17H,6-14H2,1H3/t17-/m0/s1. The van der Waals surface area contributed by atoms with Crippen LogP contribution in [-0.2, 0) is 9.47 Å². The third-order valence-electron chi connectivity index (χ3n) is 5.70. The van der Waals surface area contributed by atoms with Crippen molar-refractivity contribution in [1.29, 1.82) is 0 Å². The summed E-state index contributed by atoms with van der Waals surface area (Å²) < 4.78 is 11.8. The van der Waals surface area contributed by atoms with Gasteiger partial charge in [-0.3, -0.25) is 4.79 Å². The molecule has 4 nitrogen and oxygen atoms in total. The Hall–Kier alpha value is -1.04. The van der Waals surface area contributed by atoms with E-state index in [1.54, 1.807) is 0 Å². The van der Waals surface area contributed by atoms with Gasteiger partial charge in [-0.05, 0) is 43.7 Å². The molecule has 3 fully saturated rings. The van der Waals surface area contributed by atoms with E-state index >= 15 is 0 Å². The zero-order chi connectivity index (χ0) is 17.3. The molecule has 0 radical (unpaired) electrons. The number of hydrogen-bond donors (Lipinski definition) is 0. The summed E-state index contributed by atoms with van der Waals surface area (Å²) in [5.74, 6) is 1.90. The highest BCUT2D eigenvalue weighted by molar-refractivity contribution is 8.01. The van der Waals surface area contributed by atoms with Crippen molar-refractivity contribution in [3.05, 3.63) is 35.4 Å². The molecule has 3 aliphatic heterocycles. The number of hydrogen-bond acceptors (Lipinski definition) is 4. The summed E-state index contributed by atoms with van der Waals surface area (Å²) in [5.41, 5.74) is 1.90. The first-order valence-electron chi connectivity index (χ1n) is 9.33. The predicted molar refractivity (Wildman–Crippen MR) is 100 cm³/mol. The molecule has 1 atom stereocenters. The molecule has 0 N–H and O–H groups in total. The maximum absolute atomic E-state index is 12.7. The second-order valence-corrected chi connectivity index (χ2v) is 9.17. The fourth-order valence-electron chi connectivity index (χ4n) is 4.09. The fourth-order valence-corrected chi connectivity index (χ4v) is 5.64. The number of carbonyl (C=O) groups is 1. The van der Waals surface area contributed by atoms with Crippen LogP contribution in [0.5, 0.6) is 0 Å². The second kappa shape index (κ2) is 7.29. The summed E-state index contributed by atoms with van der Waals surface area (Å²) in [7, 11) is 0. The molecule has 3 saturated heterocycles. The van der Waals surface area contributed by atoms with Crippen molar-refractivity contribution < 1.29 is 14.3 Å². The van der Waals surface area contributed by atoms with Gasteiger partial charge in [0.15, 0.2) is 0 Å². The van der Waals surface area contributed by atoms with E-state index in [1.165, 1.54) is 0 Å². The van der Waals surface area contributed by atoms with E-state index in [1.807, 2.05) is 47.9 Å². The van der Waals surface area contributed by atoms with E-state index in [0.29, 0.717) is 12.0 Å². The minimum Gasteiger partial charge on any atom is -0.381 e. The minimum absolute atomic E-state index is 0.177. The largest absolute Gasteiger partial charge is 0.381 e. The van der Waals surface area contributed by atoms with Crippen molar-refractivity contribution in [3.63, 3.8) is 0 Å². The summed E-state index contributed by atoms with van der Waals surface area (Å²) in [6, 6.07) is 7.87. The summed E-state index contributed by atoms with van der Waals surface area (Å²) in [4.78, 5) is 14.7. The highest BCUT2D eigenvalue weighted by Crippen LogP contribution is 2.46. The Morgan fingerprint density at radius 2 is 2.08 bits per heavy atom. The molecule has 1 aromatic carbocycles. The maximum Gasteiger partial charge on any atom is 0.254 e. The molecule has 136 valence electrons. The first-order chi connectivity index (χ1) is 12.2. The van der Waals surface area contributed by atoms with Crippen LogP contribution in [0.1, 0.15) is 35.2 Å². The van der Waals surface area contributed by atoms with Gasteiger partial charge in [-0.1, -0.05) is 18.2 Å². The summed E-state index contributed by atoms with van der Waals surface area (Å²) in [6.07, 6.45) is 3.69. The van der Waals surface area contributed by atoms with Crippen LogP contribution in [0.2, 0.25) is 0 Å². The number of carbonyl (C=O) groups excluding carboxylic acids is 1. The third-order valence-corrected chi connectivity index (χ3v) is 7.28. The van der Waals surface area contributed by atoms with Crippen LogP contribution in [0, 0.1) is 12.8 Å². The normalized spacial score (nSPS) is 26.0. The van der Waals surface area contributed by atoms with Gasteiger partial charge >= 0.3 is 0 Å². The van der Waals surface area contributed by atoms with Gasteiger partial charge in [0.2, 0.25) is 0 Å². The predicted octanol–water partition coefficient (Wildman–Crippen LogP) is 3.14. The zero-order valence-electron chi connectivity index (χ0n) is 14.9. The van der Waals surface area contributed by atoms with Crippen LogP contribution < -0.4 is 0 Å². The molecule has 0 unspecified atom stereocenters. The molecular weight excluding hydrogens is 334 g/mol. The molecule has 1 amide bonds. The van der Waals surface area contributed by atoms with Gasteiger partial charge in [-0.25, -0.2) is 0 Å². The highest BCUT2D eigenvalue weighted by atomic mass is 32.2. The second-order valence-electron chi connectivity index (χ2n) is 7.69. The lowest BCUT2D eigenvalue weighted by Crippen LogP contribution is -2.60. The van der Waals surface area contributed by atoms with Gasteiger partial charge in [0.05, 0.1) is 10.9 Å². The van der Waals surface area contributed by atoms with Crippen molar-refractivity contribution in [2.24, 2.45) is 5.92 Å². The summed E-state index contributed by atoms with van der Waals surface area (Å²) in [5, 5.41) is 0. The number of benzene rings is 1. The third kappa shape index (κ3) is 3.74. The van der Waals surface area contributed by atoms with Crippen molar-refractivity contribution in [2.45, 2.75) is 37.0 Å². The Bertz CT molecular complexity index is 623. The maximum atomic E-state index is 12.7. The van der Waals surface area contributed by atoms with E-state index in [2.05, 4.69) is 0 Å². The molecule has 5 heteroatoms. The Balaban J connectivity index is 1.26. The first-order valence-corrected chi connectivity index (χ1v) is 10.3. The lowest BCUT2D eigenvalue weighted by molar-refractivity contribution is -0.0118. The van der Waals surface area contributed by atoms with E-state index in [9.17, 15) is 4.79 Å². The first kappa shape index (κ1) is 17.4. The van der Waals surface area contributed by atoms with Gasteiger partial charge < -0.3 is 14.4 Å². The van der Waals surface area contributed by atoms with Crippen molar-refractivity contribution in [1.82, 2.24) is 4.90 Å². The van der Waals surface area contributed by atoms with E-state index in [-0.39, 0.29) is 10.7 Å². The quantitative estimate of drug-likeness (QED) is 0.826. The van der Waals surface area contributed by atoms with E-state index in [0.717, 1.165) is 69.1 Å². The molecule has 0 saturated carbocycles. The molecule has 4 rings (SSSR count). The topological polar surface area (TPSA) is 38.8 Å². The van der Waals surface area contributed by atoms with Crippen LogP contribution in [-0.4, -0.2) is 60.3 Å². The Kier molecular flexibility index (Phi) is 5.07. The lowest BCUT2D eigenvalue weighted by atomic mass is 9.91. The lowest BCUT2D eigenvalue weighted by Gasteiger charge is -2.47. The molecule has 25 heavy (non-hydrogen) atoms. The van der Waals surface area contributed by atoms with E-state index < -0.39 is 0 Å². The number of nitrogens with zero attached hydrogens (tertiary/aromatic N) is 1. The van der Waals surface area contributed by atoms with Crippen LogP contribution in [0.3, 0.4) is 0 Å². The number of likely N-dealkylation sites (tertiary alicyclic amines) is 1. The van der Waals surface area contributed by atoms with Crippen molar-refractivity contribution in [2.75, 3.05) is 38.7 Å². The van der Waals surface area contributed by atoms with Crippen LogP contribution in [0.4, 0.5) is 0 Å². The van der Waals surface area contributed by atoms with Crippen molar-refractivity contribution in [3.8, 4) is 0 Å². The SMILES string of the molecule is Cc1ccccc1C(=O)N1CC2(C[C@H](OCC3CCOCC3)CS2)C1. The van der Waals surface area contributed by atoms with E-state index in [4.69, 9.17) is 9.47 Å². The number of thioether (sulfide) groups is 1. The van der Waals surface area contributed by atoms with Gasteiger partial charge in [0.1, 0.15) is 0 Å². The Labute approximate surface area is 154 Å². The summed E-state index contributed by atoms with van der Waals surface area (Å²) >= 11 is 2.00. The number of amides is 1. The van der Waals surface area contributed by atoms with Crippen LogP contribution in [0.25, 0.3) is 0 Å². The Morgan fingerprint density at radius 3 is 2.84 bits per heavy atom. The summed E-state index contributed by atoms with van der Waals surface area (Å²) in [6.45, 7) is 6.37. The van der Waals surface area contributed by atoms with Gasteiger partial charge in [0.25, 0.3) is 5.91 Å². The fraction of sp³-hybridized carbons (Fsp3) is 0.650. The average Bonchev–Trinajstić information content (AvgIpc) is 3.04. The van der Waals surface area contributed by atoms with Crippen molar-refractivity contribution >= 4 is 17.7 Å². The molecule has 0 bridgehead atoms. The monoisotopic (exact) mass is 361 g/mol. The average molecular weight is 362 g/mol. The minimum atomic E-state index is 0.177. The number of aryl methyl sites for hydroxylation is 1. The van der Waals surface area contributed by atoms with Crippen LogP contribution >= 0.6 is 11.8 Å². The zero-order valence-corrected chi connectivity index (χ0v) is 15.7. The smallest absolute Gasteiger partial charge is 0.254 e. The van der Waals surface area contributed by atoms with Gasteiger partial charge in [-0.15, -0.1) is 11.8 Å². The van der Waals surface area contributed by atoms with Gasteiger partial charge in [-0.2, -0.15) is 0 Å². The Morgan fingerprint density at radius 1 is 1.32 bits per heavy atom. The molecule has 3 heterocycles. The highest BCUT2D eigenvalue weighted by Gasteiger charge is 2.51. The molecule has 0 aromatic heterocycles. The molecule has 1 aromatic rings. The van der Waals surface area contributed by atoms with Gasteiger partial charge in [0, 0.05) is 44.2 Å². The molecule has 0 aliphatic carbocycles. The number of ether oxygens (including phenoxy) is 2. The van der Waals surface area contributed by atoms with Crippen LogP contribution in [0.15, 0.2) is 24.3 Å². The molecular formula is C20H27NO3S. The molecule has 3 aliphatic rings. The molecule has 1 spiro atoms.